The third kappa shape index (κ3) is 3.06. The molecule has 34 heavy (non-hydrogen) atoms. The van der Waals surface area contributed by atoms with Crippen molar-refractivity contribution in [3.63, 3.8) is 0 Å². The monoisotopic (exact) mass is 442 g/mol. The van der Waals surface area contributed by atoms with Gasteiger partial charge in [0.1, 0.15) is 18.2 Å². The third-order valence-electron chi connectivity index (χ3n) is 7.07. The molecule has 2 aromatic heterocycles. The van der Waals surface area contributed by atoms with Crippen LogP contribution in [0.3, 0.4) is 0 Å². The predicted molar refractivity (Wildman–Crippen MR) is 142 cm³/mol. The standard InChI is InChI=1S/C32H28NO/c1-20(2)27-19-29(33(4)28-16-9-8-13-24(27)28)30-21(3)17-18-26-25-15-10-14-23(31(25)34-32(26)30)22-11-6-5-7-12-22/h5-20H,1-4H3/q+1. The molecule has 6 aromatic rings. The molecule has 0 saturated carbocycles. The van der Waals surface area contributed by atoms with Crippen LogP contribution in [0.2, 0.25) is 0 Å². The van der Waals surface area contributed by atoms with Gasteiger partial charge in [0.25, 0.3) is 0 Å². The van der Waals surface area contributed by atoms with Crippen molar-refractivity contribution < 1.29 is 8.98 Å². The Labute approximate surface area is 200 Å². The second kappa shape index (κ2) is 7.85. The maximum Gasteiger partial charge on any atom is 0.217 e. The van der Waals surface area contributed by atoms with E-state index >= 15 is 0 Å². The van der Waals surface area contributed by atoms with Crippen LogP contribution in [0, 0.1) is 6.92 Å². The summed E-state index contributed by atoms with van der Waals surface area (Å²) in [4.78, 5) is 0. The second-order valence-corrected chi connectivity index (χ2v) is 9.50. The van der Waals surface area contributed by atoms with Crippen molar-refractivity contribution in [1.82, 2.24) is 0 Å². The summed E-state index contributed by atoms with van der Waals surface area (Å²) in [6.45, 7) is 6.73. The van der Waals surface area contributed by atoms with Crippen LogP contribution in [0.25, 0.3) is 55.2 Å². The van der Waals surface area contributed by atoms with Crippen LogP contribution >= 0.6 is 0 Å². The van der Waals surface area contributed by atoms with Crippen LogP contribution in [-0.4, -0.2) is 0 Å². The van der Waals surface area contributed by atoms with Gasteiger partial charge in [0, 0.05) is 33.9 Å². The van der Waals surface area contributed by atoms with Gasteiger partial charge in [-0.25, -0.2) is 0 Å². The number of aromatic nitrogens is 1. The first-order valence-electron chi connectivity index (χ1n) is 12.0. The Morgan fingerprint density at radius 3 is 2.21 bits per heavy atom. The van der Waals surface area contributed by atoms with Crippen LogP contribution in [0.5, 0.6) is 0 Å². The molecule has 2 heterocycles. The maximum absolute atomic E-state index is 6.76. The van der Waals surface area contributed by atoms with E-state index in [0.717, 1.165) is 27.5 Å². The van der Waals surface area contributed by atoms with Crippen LogP contribution in [-0.2, 0) is 7.05 Å². The zero-order valence-electron chi connectivity index (χ0n) is 20.1. The molecule has 0 amide bonds. The summed E-state index contributed by atoms with van der Waals surface area (Å²) in [7, 11) is 2.16. The van der Waals surface area contributed by atoms with E-state index in [9.17, 15) is 0 Å². The first-order valence-corrected chi connectivity index (χ1v) is 12.0. The van der Waals surface area contributed by atoms with Gasteiger partial charge in [-0.05, 0) is 35.6 Å². The van der Waals surface area contributed by atoms with Crippen molar-refractivity contribution in [2.24, 2.45) is 7.05 Å². The molecule has 2 nitrogen and oxygen atoms in total. The lowest BCUT2D eigenvalue weighted by Crippen LogP contribution is -2.33. The van der Waals surface area contributed by atoms with Gasteiger partial charge in [0.15, 0.2) is 0 Å². The van der Waals surface area contributed by atoms with Crippen molar-refractivity contribution in [1.29, 1.82) is 0 Å². The topological polar surface area (TPSA) is 17.0 Å². The molecule has 0 N–H and O–H groups in total. The quantitative estimate of drug-likeness (QED) is 0.252. The molecule has 0 bridgehead atoms. The molecule has 166 valence electrons. The normalized spacial score (nSPS) is 11.8. The number of hydrogen-bond acceptors (Lipinski definition) is 1. The van der Waals surface area contributed by atoms with Crippen LogP contribution in [0.15, 0.2) is 95.4 Å². The molecular formula is C32H28NO+. The molecule has 0 aliphatic carbocycles. The summed E-state index contributed by atoms with van der Waals surface area (Å²) in [5.74, 6) is 0.421. The Kier molecular flexibility index (Phi) is 4.77. The van der Waals surface area contributed by atoms with E-state index in [1.807, 2.05) is 0 Å². The number of para-hydroxylation sites is 2. The number of furan rings is 1. The van der Waals surface area contributed by atoms with Gasteiger partial charge in [0.05, 0.1) is 5.56 Å². The average Bonchev–Trinajstić information content (AvgIpc) is 3.24. The molecule has 6 rings (SSSR count). The zero-order chi connectivity index (χ0) is 23.4. The van der Waals surface area contributed by atoms with Crippen molar-refractivity contribution >= 4 is 32.8 Å². The Hall–Kier alpha value is -3.91. The third-order valence-corrected chi connectivity index (χ3v) is 7.07. The van der Waals surface area contributed by atoms with Crippen LogP contribution in [0.4, 0.5) is 0 Å². The molecular weight excluding hydrogens is 414 g/mol. The summed E-state index contributed by atoms with van der Waals surface area (Å²) < 4.78 is 9.07. The van der Waals surface area contributed by atoms with Gasteiger partial charge < -0.3 is 4.42 Å². The Morgan fingerprint density at radius 2 is 1.41 bits per heavy atom. The van der Waals surface area contributed by atoms with E-state index in [2.05, 4.69) is 123 Å². The Bertz CT molecular complexity index is 1690. The lowest BCUT2D eigenvalue weighted by Gasteiger charge is -2.13. The summed E-state index contributed by atoms with van der Waals surface area (Å²) in [6.07, 6.45) is 0. The molecule has 4 aromatic carbocycles. The molecule has 0 radical (unpaired) electrons. The highest BCUT2D eigenvalue weighted by Gasteiger charge is 2.25. The van der Waals surface area contributed by atoms with Gasteiger partial charge in [-0.3, -0.25) is 0 Å². The summed E-state index contributed by atoms with van der Waals surface area (Å²) in [5, 5.41) is 3.63. The fourth-order valence-corrected chi connectivity index (χ4v) is 5.30. The molecule has 0 aliphatic rings. The maximum atomic E-state index is 6.76. The molecule has 0 fully saturated rings. The number of aryl methyl sites for hydroxylation is 2. The Balaban J connectivity index is 1.72. The van der Waals surface area contributed by atoms with E-state index in [1.165, 1.54) is 38.9 Å². The minimum Gasteiger partial charge on any atom is -0.454 e. The minimum absolute atomic E-state index is 0.421. The number of hydrogen-bond donors (Lipinski definition) is 0. The molecule has 0 saturated heterocycles. The average molecular weight is 443 g/mol. The lowest BCUT2D eigenvalue weighted by molar-refractivity contribution is -0.633. The van der Waals surface area contributed by atoms with Crippen LogP contribution in [0.1, 0.15) is 30.9 Å². The number of fused-ring (bicyclic) bond motifs is 4. The van der Waals surface area contributed by atoms with Crippen LogP contribution < -0.4 is 4.57 Å². The smallest absolute Gasteiger partial charge is 0.217 e. The van der Waals surface area contributed by atoms with E-state index in [4.69, 9.17) is 4.42 Å². The SMILES string of the molecule is Cc1ccc2c(oc3c(-c4ccccc4)cccc32)c1-c1cc(C(C)C)c2ccccc2[n+]1C. The largest absolute Gasteiger partial charge is 0.454 e. The van der Waals surface area contributed by atoms with E-state index in [1.54, 1.807) is 0 Å². The Morgan fingerprint density at radius 1 is 0.706 bits per heavy atom. The number of pyridine rings is 1. The molecule has 0 unspecified atom stereocenters. The lowest BCUT2D eigenvalue weighted by atomic mass is 9.93. The number of benzene rings is 4. The second-order valence-electron chi connectivity index (χ2n) is 9.50. The van der Waals surface area contributed by atoms with Gasteiger partial charge in [-0.2, -0.15) is 4.57 Å². The molecule has 0 spiro atoms. The fourth-order valence-electron chi connectivity index (χ4n) is 5.30. The van der Waals surface area contributed by atoms with Gasteiger partial charge in [0.2, 0.25) is 11.2 Å². The van der Waals surface area contributed by atoms with Gasteiger partial charge in [-0.1, -0.05) is 86.6 Å². The zero-order valence-corrected chi connectivity index (χ0v) is 20.1. The first kappa shape index (κ1) is 20.7. The van der Waals surface area contributed by atoms with E-state index in [0.29, 0.717) is 5.92 Å². The summed E-state index contributed by atoms with van der Waals surface area (Å²) >= 11 is 0. The van der Waals surface area contributed by atoms with Gasteiger partial charge >= 0.3 is 0 Å². The van der Waals surface area contributed by atoms with Crippen molar-refractivity contribution in [3.8, 4) is 22.4 Å². The summed E-state index contributed by atoms with van der Waals surface area (Å²) in [6, 6.07) is 32.4. The number of rotatable bonds is 3. The summed E-state index contributed by atoms with van der Waals surface area (Å²) in [5.41, 5.74) is 10.4. The highest BCUT2D eigenvalue weighted by atomic mass is 16.3. The van der Waals surface area contributed by atoms with E-state index < -0.39 is 0 Å². The molecule has 0 atom stereocenters. The highest BCUT2D eigenvalue weighted by molar-refractivity contribution is 6.13. The van der Waals surface area contributed by atoms with Crippen molar-refractivity contribution in [2.75, 3.05) is 0 Å². The molecule has 0 aliphatic heterocycles. The van der Waals surface area contributed by atoms with E-state index in [-0.39, 0.29) is 0 Å². The fraction of sp³-hybridized carbons (Fsp3) is 0.156. The number of nitrogens with zero attached hydrogens (tertiary/aromatic N) is 1. The van der Waals surface area contributed by atoms with Crippen molar-refractivity contribution in [3.05, 3.63) is 102 Å². The highest BCUT2D eigenvalue weighted by Crippen LogP contribution is 2.41. The van der Waals surface area contributed by atoms with Gasteiger partial charge in [-0.15, -0.1) is 0 Å². The predicted octanol–water partition coefficient (Wildman–Crippen LogP) is 8.33. The van der Waals surface area contributed by atoms with Crippen molar-refractivity contribution in [2.45, 2.75) is 26.7 Å². The molecule has 2 heteroatoms. The minimum atomic E-state index is 0.421. The first-order chi connectivity index (χ1) is 16.5.